The van der Waals surface area contributed by atoms with Crippen LogP contribution in [0.2, 0.25) is 0 Å². The number of fused-ring (bicyclic) bond motifs is 1. The van der Waals surface area contributed by atoms with Crippen LogP contribution in [0.25, 0.3) is 0 Å². The minimum atomic E-state index is 0.0489. The van der Waals surface area contributed by atoms with E-state index in [4.69, 9.17) is 19.7 Å². The summed E-state index contributed by atoms with van der Waals surface area (Å²) in [6, 6.07) is 0. The van der Waals surface area contributed by atoms with Crippen LogP contribution >= 0.6 is 0 Å². The molecule has 0 aromatic heterocycles. The van der Waals surface area contributed by atoms with E-state index in [0.29, 0.717) is 13.2 Å². The summed E-state index contributed by atoms with van der Waals surface area (Å²) in [5, 5.41) is 18.0. The molecule has 4 atom stereocenters. The Morgan fingerprint density at radius 1 is 1.08 bits per heavy atom. The van der Waals surface area contributed by atoms with Gasteiger partial charge >= 0.3 is 0 Å². The summed E-state index contributed by atoms with van der Waals surface area (Å²) in [5.41, 5.74) is 0. The Balaban J connectivity index is 1.94. The Bertz CT molecular complexity index is 173. The van der Waals surface area contributed by atoms with E-state index in [9.17, 15) is 0 Å². The van der Waals surface area contributed by atoms with Crippen LogP contribution in [0, 0.1) is 11.8 Å². The van der Waals surface area contributed by atoms with E-state index in [0.717, 1.165) is 6.42 Å². The van der Waals surface area contributed by atoms with E-state index in [1.165, 1.54) is 0 Å². The zero-order valence-electron chi connectivity index (χ0n) is 7.56. The van der Waals surface area contributed by atoms with Crippen LogP contribution < -0.4 is 0 Å². The normalized spacial score (nSPS) is 44.8. The Kier molecular flexibility index (Phi) is 2.83. The van der Waals surface area contributed by atoms with Crippen LogP contribution in [0.4, 0.5) is 0 Å². The maximum atomic E-state index is 9.02. The zero-order chi connectivity index (χ0) is 9.26. The third-order valence-corrected chi connectivity index (χ3v) is 2.94. The van der Waals surface area contributed by atoms with Gasteiger partial charge in [0, 0.05) is 18.4 Å². The summed E-state index contributed by atoms with van der Waals surface area (Å²) >= 11 is 0. The average molecular weight is 188 g/mol. The zero-order valence-corrected chi connectivity index (χ0v) is 7.56. The van der Waals surface area contributed by atoms with Gasteiger partial charge in [0.05, 0.1) is 32.0 Å². The lowest BCUT2D eigenvalue weighted by Gasteiger charge is -2.31. The summed E-state index contributed by atoms with van der Waals surface area (Å²) in [6.07, 6.45) is 0.994. The quantitative estimate of drug-likeness (QED) is 0.607. The number of hydrogen-bond donors (Lipinski definition) is 2. The molecule has 2 N–H and O–H groups in total. The van der Waals surface area contributed by atoms with Gasteiger partial charge in [-0.1, -0.05) is 0 Å². The summed E-state index contributed by atoms with van der Waals surface area (Å²) in [6.45, 7) is 1.48. The van der Waals surface area contributed by atoms with Gasteiger partial charge in [-0.2, -0.15) is 0 Å². The molecule has 0 spiro atoms. The highest BCUT2D eigenvalue weighted by atomic mass is 16.6. The van der Waals surface area contributed by atoms with E-state index < -0.39 is 0 Å². The van der Waals surface area contributed by atoms with Crippen LogP contribution in [-0.2, 0) is 9.47 Å². The molecular weight excluding hydrogens is 172 g/mol. The average Bonchev–Trinajstić information content (AvgIpc) is 2.59. The van der Waals surface area contributed by atoms with Crippen LogP contribution in [0.15, 0.2) is 0 Å². The van der Waals surface area contributed by atoms with E-state index in [1.807, 2.05) is 0 Å². The molecule has 2 rings (SSSR count). The molecule has 0 radical (unpaired) electrons. The van der Waals surface area contributed by atoms with Crippen LogP contribution in [0.5, 0.6) is 0 Å². The standard InChI is InChI=1S/C9H16O4/c10-2-6-1-8-9(13-4-6)7(3-11)5-12-8/h6-11H,1-5H2/t6?,7?,8-,9-/m1/s1. The minimum Gasteiger partial charge on any atom is -0.396 e. The third kappa shape index (κ3) is 1.72. The van der Waals surface area contributed by atoms with Crippen molar-refractivity contribution in [1.29, 1.82) is 0 Å². The fraction of sp³-hybridized carbons (Fsp3) is 1.00. The molecule has 2 aliphatic rings. The summed E-state index contributed by atoms with van der Waals surface area (Å²) < 4.78 is 11.1. The van der Waals surface area contributed by atoms with Gasteiger partial charge in [-0.3, -0.25) is 0 Å². The predicted molar refractivity (Wildman–Crippen MR) is 45.2 cm³/mol. The first-order valence-corrected chi connectivity index (χ1v) is 4.80. The number of aliphatic hydroxyl groups excluding tert-OH is 2. The molecule has 0 saturated carbocycles. The Hall–Kier alpha value is -0.160. The molecule has 0 aromatic rings. The van der Waals surface area contributed by atoms with E-state index >= 15 is 0 Å². The maximum absolute atomic E-state index is 9.02. The van der Waals surface area contributed by atoms with Gasteiger partial charge in [0.2, 0.25) is 0 Å². The van der Waals surface area contributed by atoms with Crippen molar-refractivity contribution in [2.75, 3.05) is 26.4 Å². The molecule has 0 amide bonds. The smallest absolute Gasteiger partial charge is 0.0908 e. The fourth-order valence-electron chi connectivity index (χ4n) is 2.11. The molecule has 0 aromatic carbocycles. The fourth-order valence-corrected chi connectivity index (χ4v) is 2.11. The van der Waals surface area contributed by atoms with Crippen molar-refractivity contribution in [3.63, 3.8) is 0 Å². The molecule has 2 saturated heterocycles. The van der Waals surface area contributed by atoms with Crippen molar-refractivity contribution in [3.8, 4) is 0 Å². The molecule has 2 aliphatic heterocycles. The second-order valence-corrected chi connectivity index (χ2v) is 3.90. The minimum absolute atomic E-state index is 0.0489. The molecular formula is C9H16O4. The van der Waals surface area contributed by atoms with E-state index in [2.05, 4.69) is 0 Å². The third-order valence-electron chi connectivity index (χ3n) is 2.94. The van der Waals surface area contributed by atoms with Gasteiger partial charge in [0.1, 0.15) is 0 Å². The molecule has 2 fully saturated rings. The van der Waals surface area contributed by atoms with E-state index in [-0.39, 0.29) is 37.3 Å². The van der Waals surface area contributed by atoms with Crippen LogP contribution in [0.3, 0.4) is 0 Å². The van der Waals surface area contributed by atoms with Crippen molar-refractivity contribution in [1.82, 2.24) is 0 Å². The molecule has 2 unspecified atom stereocenters. The molecule has 76 valence electrons. The van der Waals surface area contributed by atoms with Gasteiger partial charge in [0.15, 0.2) is 0 Å². The number of rotatable bonds is 2. The second kappa shape index (κ2) is 3.92. The Morgan fingerprint density at radius 2 is 1.92 bits per heavy atom. The first-order valence-electron chi connectivity index (χ1n) is 4.80. The predicted octanol–water partition coefficient (Wildman–Crippen LogP) is -0.609. The van der Waals surface area contributed by atoms with Gasteiger partial charge < -0.3 is 19.7 Å². The van der Waals surface area contributed by atoms with Crippen molar-refractivity contribution in [2.45, 2.75) is 18.6 Å². The lowest BCUT2D eigenvalue weighted by atomic mass is 9.92. The molecule has 0 bridgehead atoms. The highest BCUT2D eigenvalue weighted by Crippen LogP contribution is 2.32. The van der Waals surface area contributed by atoms with Crippen molar-refractivity contribution < 1.29 is 19.7 Å². The Labute approximate surface area is 77.5 Å². The summed E-state index contributed by atoms with van der Waals surface area (Å²) in [5.74, 6) is 0.336. The molecule has 13 heavy (non-hydrogen) atoms. The summed E-state index contributed by atoms with van der Waals surface area (Å²) in [7, 11) is 0. The molecule has 4 nitrogen and oxygen atoms in total. The highest BCUT2D eigenvalue weighted by Gasteiger charge is 2.41. The molecule has 0 aliphatic carbocycles. The van der Waals surface area contributed by atoms with Gasteiger partial charge in [-0.05, 0) is 6.42 Å². The first-order chi connectivity index (χ1) is 6.35. The first kappa shape index (κ1) is 9.40. The summed E-state index contributed by atoms with van der Waals surface area (Å²) in [4.78, 5) is 0. The van der Waals surface area contributed by atoms with Crippen molar-refractivity contribution in [3.05, 3.63) is 0 Å². The topological polar surface area (TPSA) is 58.9 Å². The van der Waals surface area contributed by atoms with Gasteiger partial charge in [0.25, 0.3) is 0 Å². The highest BCUT2D eigenvalue weighted by molar-refractivity contribution is 4.89. The van der Waals surface area contributed by atoms with Crippen LogP contribution in [0.1, 0.15) is 6.42 Å². The molecule has 4 heteroatoms. The largest absolute Gasteiger partial charge is 0.396 e. The molecule has 2 heterocycles. The Morgan fingerprint density at radius 3 is 2.62 bits per heavy atom. The van der Waals surface area contributed by atoms with Crippen LogP contribution in [-0.4, -0.2) is 48.8 Å². The van der Waals surface area contributed by atoms with Gasteiger partial charge in [-0.15, -0.1) is 0 Å². The maximum Gasteiger partial charge on any atom is 0.0908 e. The SMILES string of the molecule is OCC1CO[C@@H]2C(CO)CO[C@@H]2C1. The lowest BCUT2D eigenvalue weighted by Crippen LogP contribution is -2.40. The van der Waals surface area contributed by atoms with Gasteiger partial charge in [-0.25, -0.2) is 0 Å². The van der Waals surface area contributed by atoms with E-state index in [1.54, 1.807) is 0 Å². The number of hydrogen-bond acceptors (Lipinski definition) is 4. The van der Waals surface area contributed by atoms with Crippen molar-refractivity contribution >= 4 is 0 Å². The number of aliphatic hydroxyl groups is 2. The lowest BCUT2D eigenvalue weighted by molar-refractivity contribution is -0.0932. The number of ether oxygens (including phenoxy) is 2. The van der Waals surface area contributed by atoms with Crippen molar-refractivity contribution in [2.24, 2.45) is 11.8 Å². The monoisotopic (exact) mass is 188 g/mol. The second-order valence-electron chi connectivity index (χ2n) is 3.90.